The van der Waals surface area contributed by atoms with E-state index in [1.807, 2.05) is 4.57 Å². The number of hydrogen-bond acceptors (Lipinski definition) is 4. The van der Waals surface area contributed by atoms with Gasteiger partial charge in [-0.25, -0.2) is 0 Å². The second kappa shape index (κ2) is 3.73. The maximum Gasteiger partial charge on any atom is 0.313 e. The van der Waals surface area contributed by atoms with Gasteiger partial charge in [0.2, 0.25) is 0 Å². The van der Waals surface area contributed by atoms with Gasteiger partial charge in [-0.15, -0.1) is 10.2 Å². The fourth-order valence-corrected chi connectivity index (χ4v) is 3.15. The fraction of sp³-hybridized carbons (Fsp3) is 0.727. The number of carboxylic acid groups (broad SMARTS) is 1. The number of nitrogens with zero attached hydrogens (tertiary/aromatic N) is 3. The molecule has 5 nitrogen and oxygen atoms in total. The van der Waals surface area contributed by atoms with Crippen LogP contribution in [0.2, 0.25) is 0 Å². The predicted octanol–water partition coefficient (Wildman–Crippen LogP) is 2.06. The van der Waals surface area contributed by atoms with Crippen molar-refractivity contribution < 1.29 is 9.90 Å². The Kier molecular flexibility index (Phi) is 2.72. The molecule has 1 aromatic heterocycles. The van der Waals surface area contributed by atoms with E-state index in [9.17, 15) is 4.79 Å². The summed E-state index contributed by atoms with van der Waals surface area (Å²) in [6, 6.07) is 0.335. The van der Waals surface area contributed by atoms with Crippen LogP contribution in [0.3, 0.4) is 0 Å². The molecule has 0 saturated heterocycles. The van der Waals surface area contributed by atoms with E-state index in [4.69, 9.17) is 5.11 Å². The molecular formula is C11H17N3O2S. The van der Waals surface area contributed by atoms with Gasteiger partial charge in [0.1, 0.15) is 6.33 Å². The van der Waals surface area contributed by atoms with Gasteiger partial charge in [-0.2, -0.15) is 0 Å². The van der Waals surface area contributed by atoms with Crippen LogP contribution in [0.5, 0.6) is 0 Å². The van der Waals surface area contributed by atoms with Gasteiger partial charge < -0.3 is 9.67 Å². The Morgan fingerprint density at radius 3 is 2.53 bits per heavy atom. The summed E-state index contributed by atoms with van der Waals surface area (Å²) >= 11 is 1.22. The van der Waals surface area contributed by atoms with Crippen molar-refractivity contribution in [3.8, 4) is 0 Å². The molecule has 1 aliphatic carbocycles. The number of aliphatic carboxylic acids is 1. The number of carbonyl (C=O) groups is 1. The second-order valence-electron chi connectivity index (χ2n) is 5.55. The lowest BCUT2D eigenvalue weighted by Crippen LogP contribution is -2.04. The van der Waals surface area contributed by atoms with Gasteiger partial charge in [0.25, 0.3) is 0 Å². The summed E-state index contributed by atoms with van der Waals surface area (Å²) in [6.07, 6.45) is 1.70. The van der Waals surface area contributed by atoms with Crippen LogP contribution < -0.4 is 0 Å². The SMILES string of the molecule is CC1(C)C(n2cnnc2SCC(=O)O)C1(C)C. The largest absolute Gasteiger partial charge is 0.481 e. The van der Waals surface area contributed by atoms with E-state index in [2.05, 4.69) is 37.9 Å². The lowest BCUT2D eigenvalue weighted by atomic mass is 10.0. The van der Waals surface area contributed by atoms with Crippen LogP contribution in [0.4, 0.5) is 0 Å². The molecule has 0 amide bonds. The van der Waals surface area contributed by atoms with Gasteiger partial charge >= 0.3 is 5.97 Å². The fourth-order valence-electron chi connectivity index (χ4n) is 2.50. The zero-order valence-electron chi connectivity index (χ0n) is 10.5. The van der Waals surface area contributed by atoms with Crippen molar-refractivity contribution in [3.63, 3.8) is 0 Å². The molecule has 1 saturated carbocycles. The molecule has 0 aliphatic heterocycles. The van der Waals surface area contributed by atoms with Crippen molar-refractivity contribution >= 4 is 17.7 Å². The Morgan fingerprint density at radius 2 is 2.06 bits per heavy atom. The molecule has 2 rings (SSSR count). The third-order valence-corrected chi connectivity index (χ3v) is 5.03. The number of hydrogen-bond donors (Lipinski definition) is 1. The lowest BCUT2D eigenvalue weighted by molar-refractivity contribution is -0.133. The van der Waals surface area contributed by atoms with Crippen LogP contribution in [0.1, 0.15) is 33.7 Å². The molecule has 1 heterocycles. The highest BCUT2D eigenvalue weighted by Crippen LogP contribution is 2.71. The van der Waals surface area contributed by atoms with Crippen LogP contribution in [-0.4, -0.2) is 31.6 Å². The third-order valence-electron chi connectivity index (χ3n) is 4.09. The molecule has 0 spiro atoms. The van der Waals surface area contributed by atoms with Gasteiger partial charge in [0, 0.05) is 6.04 Å². The molecular weight excluding hydrogens is 238 g/mol. The van der Waals surface area contributed by atoms with E-state index in [1.165, 1.54) is 11.8 Å². The first-order valence-electron chi connectivity index (χ1n) is 5.52. The van der Waals surface area contributed by atoms with Gasteiger partial charge in [-0.1, -0.05) is 39.5 Å². The minimum atomic E-state index is -0.834. The second-order valence-corrected chi connectivity index (χ2v) is 6.49. The highest BCUT2D eigenvalue weighted by atomic mass is 32.2. The molecule has 6 heteroatoms. The first-order chi connectivity index (χ1) is 7.78. The monoisotopic (exact) mass is 255 g/mol. The zero-order valence-corrected chi connectivity index (χ0v) is 11.3. The molecule has 1 aliphatic rings. The average Bonchev–Trinajstić information content (AvgIpc) is 2.54. The molecule has 1 fully saturated rings. The highest BCUT2D eigenvalue weighted by Gasteiger charge is 2.66. The summed E-state index contributed by atoms with van der Waals surface area (Å²) in [7, 11) is 0. The topological polar surface area (TPSA) is 68.0 Å². The molecule has 0 aromatic carbocycles. The smallest absolute Gasteiger partial charge is 0.313 e. The normalized spacial score (nSPS) is 21.4. The maximum atomic E-state index is 10.6. The third kappa shape index (κ3) is 1.84. The molecule has 0 bridgehead atoms. The van der Waals surface area contributed by atoms with Crippen molar-refractivity contribution in [2.45, 2.75) is 38.9 Å². The van der Waals surface area contributed by atoms with E-state index in [1.54, 1.807) is 6.33 Å². The summed E-state index contributed by atoms with van der Waals surface area (Å²) in [5.41, 5.74) is 0.377. The van der Waals surface area contributed by atoms with Gasteiger partial charge in [0.15, 0.2) is 5.16 Å². The first kappa shape index (κ1) is 12.4. The summed E-state index contributed by atoms with van der Waals surface area (Å²) in [6.45, 7) is 8.85. The number of aromatic nitrogens is 3. The average molecular weight is 255 g/mol. The molecule has 0 unspecified atom stereocenters. The molecule has 0 radical (unpaired) electrons. The number of thioether (sulfide) groups is 1. The standard InChI is InChI=1S/C11H17N3O2S/c1-10(2)8(11(10,3)4)14-6-12-13-9(14)17-5-7(15)16/h6,8H,5H2,1-4H3,(H,15,16). The van der Waals surface area contributed by atoms with E-state index in [-0.39, 0.29) is 16.6 Å². The van der Waals surface area contributed by atoms with E-state index in [0.29, 0.717) is 11.2 Å². The Hall–Kier alpha value is -1.04. The molecule has 1 N–H and O–H groups in total. The van der Waals surface area contributed by atoms with Gasteiger partial charge in [0.05, 0.1) is 5.75 Å². The van der Waals surface area contributed by atoms with Crippen LogP contribution in [0.25, 0.3) is 0 Å². The van der Waals surface area contributed by atoms with Gasteiger partial charge in [-0.05, 0) is 10.8 Å². The summed E-state index contributed by atoms with van der Waals surface area (Å²) in [5.74, 6) is -0.814. The van der Waals surface area contributed by atoms with Crippen molar-refractivity contribution in [1.29, 1.82) is 0 Å². The summed E-state index contributed by atoms with van der Waals surface area (Å²) in [4.78, 5) is 10.6. The molecule has 1 aromatic rings. The van der Waals surface area contributed by atoms with Crippen LogP contribution in [0.15, 0.2) is 11.5 Å². The molecule has 94 valence electrons. The number of carboxylic acids is 1. The van der Waals surface area contributed by atoms with Crippen LogP contribution in [-0.2, 0) is 4.79 Å². The van der Waals surface area contributed by atoms with Crippen molar-refractivity contribution in [1.82, 2.24) is 14.8 Å². The predicted molar refractivity (Wildman–Crippen MR) is 65.0 cm³/mol. The summed E-state index contributed by atoms with van der Waals surface area (Å²) < 4.78 is 2.01. The first-order valence-corrected chi connectivity index (χ1v) is 6.51. The number of rotatable bonds is 4. The maximum absolute atomic E-state index is 10.6. The quantitative estimate of drug-likeness (QED) is 0.834. The van der Waals surface area contributed by atoms with E-state index >= 15 is 0 Å². The minimum Gasteiger partial charge on any atom is -0.481 e. The van der Waals surface area contributed by atoms with Crippen molar-refractivity contribution in [2.75, 3.05) is 5.75 Å². The zero-order chi connectivity index (χ0) is 12.8. The molecule has 17 heavy (non-hydrogen) atoms. The van der Waals surface area contributed by atoms with Crippen LogP contribution in [0, 0.1) is 10.8 Å². The Balaban J connectivity index is 2.19. The van der Waals surface area contributed by atoms with Crippen molar-refractivity contribution in [2.24, 2.45) is 10.8 Å². The van der Waals surface area contributed by atoms with Crippen molar-refractivity contribution in [3.05, 3.63) is 6.33 Å². The minimum absolute atomic E-state index is 0.0201. The molecule has 0 atom stereocenters. The Morgan fingerprint density at radius 1 is 1.47 bits per heavy atom. The van der Waals surface area contributed by atoms with Gasteiger partial charge in [-0.3, -0.25) is 4.79 Å². The summed E-state index contributed by atoms with van der Waals surface area (Å²) in [5, 5.41) is 17.3. The van der Waals surface area contributed by atoms with E-state index < -0.39 is 5.97 Å². The Bertz CT molecular complexity index is 439. The Labute approximate surface area is 105 Å². The van der Waals surface area contributed by atoms with Crippen LogP contribution >= 0.6 is 11.8 Å². The highest BCUT2D eigenvalue weighted by molar-refractivity contribution is 7.99. The lowest BCUT2D eigenvalue weighted by Gasteiger charge is -2.06. The van der Waals surface area contributed by atoms with E-state index in [0.717, 1.165) is 0 Å².